The molecule has 0 radical (unpaired) electrons. The molecule has 1 aromatic heterocycles. The summed E-state index contributed by atoms with van der Waals surface area (Å²) in [4.78, 5) is 0. The van der Waals surface area contributed by atoms with Crippen molar-refractivity contribution in [2.24, 2.45) is 24.2 Å². The van der Waals surface area contributed by atoms with Gasteiger partial charge in [0.25, 0.3) is 0 Å². The number of hydrogen-bond donors (Lipinski definition) is 2. The number of hydrazine groups is 1. The molecule has 18 heavy (non-hydrogen) atoms. The first-order valence-electron chi connectivity index (χ1n) is 6.89. The van der Waals surface area contributed by atoms with Gasteiger partial charge in [0.15, 0.2) is 0 Å². The predicted octanol–water partition coefficient (Wildman–Crippen LogP) is 1.93. The zero-order chi connectivity index (χ0) is 13.3. The Morgan fingerprint density at radius 1 is 1.61 bits per heavy atom. The van der Waals surface area contributed by atoms with E-state index in [0.717, 1.165) is 12.1 Å². The molecule has 1 heterocycles. The number of nitrogens with two attached hydrogens (primary N) is 1. The van der Waals surface area contributed by atoms with E-state index < -0.39 is 0 Å². The number of aromatic nitrogens is 2. The molecule has 102 valence electrons. The van der Waals surface area contributed by atoms with E-state index in [4.69, 9.17) is 5.84 Å². The molecule has 0 aliphatic heterocycles. The summed E-state index contributed by atoms with van der Waals surface area (Å²) in [6.07, 6.45) is 4.86. The summed E-state index contributed by atoms with van der Waals surface area (Å²) in [5.74, 6) is 6.45. The van der Waals surface area contributed by atoms with Gasteiger partial charge in [-0.2, -0.15) is 5.10 Å². The Morgan fingerprint density at radius 2 is 2.33 bits per heavy atom. The van der Waals surface area contributed by atoms with Gasteiger partial charge in [-0.15, -0.1) is 0 Å². The molecule has 1 aliphatic carbocycles. The molecule has 4 heteroatoms. The fourth-order valence-corrected chi connectivity index (χ4v) is 3.50. The molecule has 0 bridgehead atoms. The van der Waals surface area contributed by atoms with Crippen LogP contribution in [0, 0.1) is 18.3 Å². The zero-order valence-electron chi connectivity index (χ0n) is 12.0. The second-order valence-corrected chi connectivity index (χ2v) is 6.37. The normalized spacial score (nSPS) is 24.4. The van der Waals surface area contributed by atoms with Crippen LogP contribution in [0.4, 0.5) is 0 Å². The SMILES string of the molecule is Cc1cc(CC(NN)C2CCCC2(C)C)n(C)n1. The Hall–Kier alpha value is -0.870. The van der Waals surface area contributed by atoms with Crippen molar-refractivity contribution in [3.05, 3.63) is 17.5 Å². The molecule has 1 saturated carbocycles. The number of hydrogen-bond acceptors (Lipinski definition) is 3. The van der Waals surface area contributed by atoms with Crippen LogP contribution in [-0.2, 0) is 13.5 Å². The van der Waals surface area contributed by atoms with E-state index in [9.17, 15) is 0 Å². The smallest absolute Gasteiger partial charge is 0.0596 e. The molecule has 4 nitrogen and oxygen atoms in total. The van der Waals surface area contributed by atoms with Crippen LogP contribution in [0.1, 0.15) is 44.5 Å². The first kappa shape index (κ1) is 13.6. The van der Waals surface area contributed by atoms with Crippen molar-refractivity contribution in [3.63, 3.8) is 0 Å². The monoisotopic (exact) mass is 250 g/mol. The highest BCUT2D eigenvalue weighted by atomic mass is 15.3. The van der Waals surface area contributed by atoms with Crippen molar-refractivity contribution in [3.8, 4) is 0 Å². The fraction of sp³-hybridized carbons (Fsp3) is 0.786. The summed E-state index contributed by atoms with van der Waals surface area (Å²) in [6.45, 7) is 6.76. The van der Waals surface area contributed by atoms with Gasteiger partial charge in [0.05, 0.1) is 5.69 Å². The highest BCUT2D eigenvalue weighted by molar-refractivity contribution is 5.11. The molecule has 0 amide bonds. The summed E-state index contributed by atoms with van der Waals surface area (Å²) in [5.41, 5.74) is 5.78. The summed E-state index contributed by atoms with van der Waals surface area (Å²) in [5, 5.41) is 4.41. The Balaban J connectivity index is 2.12. The molecule has 2 unspecified atom stereocenters. The van der Waals surface area contributed by atoms with Crippen LogP contribution in [0.5, 0.6) is 0 Å². The predicted molar refractivity (Wildman–Crippen MR) is 73.9 cm³/mol. The second-order valence-electron chi connectivity index (χ2n) is 6.37. The van der Waals surface area contributed by atoms with Crippen LogP contribution in [0.15, 0.2) is 6.07 Å². The van der Waals surface area contributed by atoms with Gasteiger partial charge >= 0.3 is 0 Å². The highest BCUT2D eigenvalue weighted by Gasteiger charge is 2.39. The van der Waals surface area contributed by atoms with Gasteiger partial charge in [-0.1, -0.05) is 20.3 Å². The Bertz CT molecular complexity index is 408. The van der Waals surface area contributed by atoms with E-state index in [1.807, 2.05) is 18.7 Å². The van der Waals surface area contributed by atoms with Crippen LogP contribution in [0.25, 0.3) is 0 Å². The fourth-order valence-electron chi connectivity index (χ4n) is 3.50. The van der Waals surface area contributed by atoms with Gasteiger partial charge in [0.2, 0.25) is 0 Å². The summed E-state index contributed by atoms with van der Waals surface area (Å²) < 4.78 is 1.97. The molecule has 1 aromatic rings. The molecule has 3 N–H and O–H groups in total. The molecular weight excluding hydrogens is 224 g/mol. The van der Waals surface area contributed by atoms with Crippen LogP contribution in [-0.4, -0.2) is 15.8 Å². The summed E-state index contributed by atoms with van der Waals surface area (Å²) >= 11 is 0. The Labute approximate surface area is 110 Å². The number of nitrogens with one attached hydrogen (secondary N) is 1. The maximum absolute atomic E-state index is 5.80. The zero-order valence-corrected chi connectivity index (χ0v) is 12.0. The Kier molecular flexibility index (Phi) is 3.78. The molecule has 0 aromatic carbocycles. The molecule has 1 fully saturated rings. The third-order valence-corrected chi connectivity index (χ3v) is 4.57. The second kappa shape index (κ2) is 5.02. The average molecular weight is 250 g/mol. The summed E-state index contributed by atoms with van der Waals surface area (Å²) in [6, 6.07) is 2.50. The highest BCUT2D eigenvalue weighted by Crippen LogP contribution is 2.44. The average Bonchev–Trinajstić information content (AvgIpc) is 2.78. The minimum atomic E-state index is 0.345. The molecule has 0 saturated heterocycles. The third kappa shape index (κ3) is 2.59. The van der Waals surface area contributed by atoms with E-state index in [2.05, 4.69) is 30.4 Å². The summed E-state index contributed by atoms with van der Waals surface area (Å²) in [7, 11) is 2.01. The van der Waals surface area contributed by atoms with Crippen molar-refractivity contribution in [2.45, 2.75) is 52.5 Å². The molecule has 2 atom stereocenters. The van der Waals surface area contributed by atoms with Crippen LogP contribution in [0.2, 0.25) is 0 Å². The van der Waals surface area contributed by atoms with Crippen LogP contribution >= 0.6 is 0 Å². The minimum Gasteiger partial charge on any atom is -0.272 e. The first-order valence-corrected chi connectivity index (χ1v) is 6.89. The standard InChI is InChI=1S/C14H26N4/c1-10-8-11(18(4)17-10)9-13(16-15)12-6-5-7-14(12,2)3/h8,12-13,16H,5-7,9,15H2,1-4H3. The largest absolute Gasteiger partial charge is 0.272 e. The van der Waals surface area contributed by atoms with Gasteiger partial charge in [-0.05, 0) is 37.2 Å². The van der Waals surface area contributed by atoms with E-state index in [-0.39, 0.29) is 0 Å². The molecule has 0 spiro atoms. The maximum atomic E-state index is 5.80. The lowest BCUT2D eigenvalue weighted by molar-refractivity contribution is 0.195. The van der Waals surface area contributed by atoms with E-state index in [1.165, 1.54) is 25.0 Å². The number of aryl methyl sites for hydroxylation is 2. The lowest BCUT2D eigenvalue weighted by atomic mass is 9.76. The van der Waals surface area contributed by atoms with Crippen molar-refractivity contribution in [1.29, 1.82) is 0 Å². The van der Waals surface area contributed by atoms with Crippen molar-refractivity contribution >= 4 is 0 Å². The van der Waals surface area contributed by atoms with Gasteiger partial charge < -0.3 is 0 Å². The van der Waals surface area contributed by atoms with Crippen LogP contribution in [0.3, 0.4) is 0 Å². The van der Waals surface area contributed by atoms with Crippen molar-refractivity contribution in [2.75, 3.05) is 0 Å². The van der Waals surface area contributed by atoms with Gasteiger partial charge in [0.1, 0.15) is 0 Å². The maximum Gasteiger partial charge on any atom is 0.0596 e. The van der Waals surface area contributed by atoms with E-state index in [1.54, 1.807) is 0 Å². The molecule has 2 rings (SSSR count). The van der Waals surface area contributed by atoms with Crippen molar-refractivity contribution in [1.82, 2.24) is 15.2 Å². The third-order valence-electron chi connectivity index (χ3n) is 4.57. The number of nitrogens with zero attached hydrogens (tertiary/aromatic N) is 2. The van der Waals surface area contributed by atoms with Crippen molar-refractivity contribution < 1.29 is 0 Å². The quantitative estimate of drug-likeness (QED) is 0.634. The van der Waals surface area contributed by atoms with Gasteiger partial charge in [-0.3, -0.25) is 16.0 Å². The van der Waals surface area contributed by atoms with Gasteiger partial charge in [-0.25, -0.2) is 0 Å². The minimum absolute atomic E-state index is 0.345. The first-order chi connectivity index (χ1) is 8.44. The lowest BCUT2D eigenvalue weighted by Gasteiger charge is -2.33. The van der Waals surface area contributed by atoms with Gasteiger partial charge in [0, 0.05) is 25.2 Å². The molecular formula is C14H26N4. The Morgan fingerprint density at radius 3 is 2.78 bits per heavy atom. The lowest BCUT2D eigenvalue weighted by Crippen LogP contribution is -2.46. The van der Waals surface area contributed by atoms with E-state index in [0.29, 0.717) is 17.4 Å². The topological polar surface area (TPSA) is 55.9 Å². The number of rotatable bonds is 4. The van der Waals surface area contributed by atoms with Crippen LogP contribution < -0.4 is 11.3 Å². The molecule has 1 aliphatic rings. The van der Waals surface area contributed by atoms with E-state index >= 15 is 0 Å².